The zero-order valence-corrected chi connectivity index (χ0v) is 18.9. The van der Waals surface area contributed by atoms with Crippen molar-refractivity contribution in [2.24, 2.45) is 0 Å². The van der Waals surface area contributed by atoms with E-state index in [9.17, 15) is 9.59 Å². The fourth-order valence-electron chi connectivity index (χ4n) is 4.28. The summed E-state index contributed by atoms with van der Waals surface area (Å²) in [5, 5.41) is 4.47. The Bertz CT molecular complexity index is 1200. The van der Waals surface area contributed by atoms with Gasteiger partial charge in [0.15, 0.2) is 0 Å². The van der Waals surface area contributed by atoms with Gasteiger partial charge in [-0.2, -0.15) is 5.10 Å². The van der Waals surface area contributed by atoms with Gasteiger partial charge in [-0.25, -0.2) is 4.79 Å². The lowest BCUT2D eigenvalue weighted by atomic mass is 10.0. The topological polar surface area (TPSA) is 76.9 Å². The number of nitrogens with zero attached hydrogens (tertiary/aromatic N) is 4. The second-order valence-corrected chi connectivity index (χ2v) is 8.63. The van der Waals surface area contributed by atoms with Gasteiger partial charge in [-0.1, -0.05) is 23.8 Å². The molecule has 1 aromatic heterocycles. The molecule has 0 saturated carbocycles. The number of carbonyl (C=O) groups is 2. The van der Waals surface area contributed by atoms with Crippen molar-refractivity contribution in [3.8, 4) is 16.9 Å². The standard InChI is InChI=1S/C25H26N4O4/c1-16-4-7-22(8-5-16)33-25(31)27-12-17(2)29(18(3)30)23-9-6-19(10-24(23)27)20-11-26-28(13-20)21-14-32-15-21/h4-11,13,17,21H,12,14-15H2,1-3H3/t17-/m0/s1. The SMILES string of the molecule is CC(=O)N1c2ccc(-c3cnn(C4COC4)c3)cc2N(C(=O)Oc2ccc(C)cc2)C[C@@H]1C. The van der Waals surface area contributed by atoms with Gasteiger partial charge in [0.1, 0.15) is 5.75 Å². The summed E-state index contributed by atoms with van der Waals surface area (Å²) in [7, 11) is 0. The van der Waals surface area contributed by atoms with Crippen LogP contribution in [0.3, 0.4) is 0 Å². The van der Waals surface area contributed by atoms with Crippen molar-refractivity contribution in [2.45, 2.75) is 32.9 Å². The third-order valence-electron chi connectivity index (χ3n) is 6.13. The van der Waals surface area contributed by atoms with E-state index < -0.39 is 6.09 Å². The Kier molecular flexibility index (Phi) is 5.38. The van der Waals surface area contributed by atoms with Crippen LogP contribution in [0.15, 0.2) is 54.9 Å². The molecule has 8 heteroatoms. The van der Waals surface area contributed by atoms with Crippen molar-refractivity contribution < 1.29 is 19.1 Å². The van der Waals surface area contributed by atoms with E-state index in [1.165, 1.54) is 0 Å². The van der Waals surface area contributed by atoms with Crippen LogP contribution in [0.4, 0.5) is 16.2 Å². The van der Waals surface area contributed by atoms with Crippen LogP contribution in [-0.2, 0) is 9.53 Å². The van der Waals surface area contributed by atoms with Crippen molar-refractivity contribution in [3.05, 3.63) is 60.4 Å². The zero-order valence-electron chi connectivity index (χ0n) is 18.9. The molecular formula is C25H26N4O4. The quantitative estimate of drug-likeness (QED) is 0.603. The number of hydrogen-bond donors (Lipinski definition) is 0. The number of aromatic nitrogens is 2. The number of rotatable bonds is 3. The molecule has 2 aliphatic rings. The van der Waals surface area contributed by atoms with Crippen LogP contribution in [0.25, 0.3) is 11.1 Å². The fourth-order valence-corrected chi connectivity index (χ4v) is 4.28. The molecule has 170 valence electrons. The first-order valence-corrected chi connectivity index (χ1v) is 11.0. The molecule has 2 aliphatic heterocycles. The lowest BCUT2D eigenvalue weighted by molar-refractivity contribution is -0.117. The highest BCUT2D eigenvalue weighted by atomic mass is 16.6. The minimum atomic E-state index is -0.477. The lowest BCUT2D eigenvalue weighted by Gasteiger charge is -2.40. The highest BCUT2D eigenvalue weighted by Gasteiger charge is 2.35. The molecule has 1 saturated heterocycles. The van der Waals surface area contributed by atoms with E-state index in [0.717, 1.165) is 16.7 Å². The Hall–Kier alpha value is -3.65. The normalized spacial score (nSPS) is 18.0. The van der Waals surface area contributed by atoms with E-state index in [0.29, 0.717) is 36.9 Å². The summed E-state index contributed by atoms with van der Waals surface area (Å²) in [5.74, 6) is 0.412. The molecular weight excluding hydrogens is 420 g/mol. The first-order chi connectivity index (χ1) is 15.9. The summed E-state index contributed by atoms with van der Waals surface area (Å²) in [4.78, 5) is 28.9. The van der Waals surface area contributed by atoms with Gasteiger partial charge in [0.05, 0.1) is 42.9 Å². The van der Waals surface area contributed by atoms with E-state index in [-0.39, 0.29) is 18.0 Å². The van der Waals surface area contributed by atoms with Crippen molar-refractivity contribution in [1.82, 2.24) is 9.78 Å². The Morgan fingerprint density at radius 3 is 2.48 bits per heavy atom. The number of fused-ring (bicyclic) bond motifs is 1. The van der Waals surface area contributed by atoms with Gasteiger partial charge in [-0.3, -0.25) is 14.4 Å². The summed E-state index contributed by atoms with van der Waals surface area (Å²) in [5.41, 5.74) is 4.25. The first-order valence-electron chi connectivity index (χ1n) is 11.0. The average Bonchev–Trinajstić information content (AvgIpc) is 3.22. The van der Waals surface area contributed by atoms with Crippen LogP contribution in [0.1, 0.15) is 25.5 Å². The summed E-state index contributed by atoms with van der Waals surface area (Å²) in [6, 6.07) is 13.2. The van der Waals surface area contributed by atoms with Gasteiger partial charge in [0.2, 0.25) is 5.91 Å². The number of ether oxygens (including phenoxy) is 2. The Morgan fingerprint density at radius 1 is 1.06 bits per heavy atom. The predicted octanol–water partition coefficient (Wildman–Crippen LogP) is 4.19. The molecule has 0 aliphatic carbocycles. The third kappa shape index (κ3) is 3.98. The number of amides is 2. The van der Waals surface area contributed by atoms with Gasteiger partial charge >= 0.3 is 6.09 Å². The fraction of sp³-hybridized carbons (Fsp3) is 0.320. The molecule has 0 radical (unpaired) electrons. The Morgan fingerprint density at radius 2 is 1.82 bits per heavy atom. The van der Waals surface area contributed by atoms with Gasteiger partial charge in [-0.15, -0.1) is 0 Å². The van der Waals surface area contributed by atoms with Crippen molar-refractivity contribution in [1.29, 1.82) is 0 Å². The third-order valence-corrected chi connectivity index (χ3v) is 6.13. The monoisotopic (exact) mass is 446 g/mol. The highest BCUT2D eigenvalue weighted by Crippen LogP contribution is 2.39. The Balaban J connectivity index is 1.50. The number of carbonyl (C=O) groups excluding carboxylic acids is 2. The summed E-state index contributed by atoms with van der Waals surface area (Å²) >= 11 is 0. The smallest absolute Gasteiger partial charge is 0.410 e. The molecule has 0 unspecified atom stereocenters. The van der Waals surface area contributed by atoms with Gasteiger partial charge in [-0.05, 0) is 43.7 Å². The van der Waals surface area contributed by atoms with Crippen molar-refractivity contribution in [2.75, 3.05) is 29.6 Å². The minimum absolute atomic E-state index is 0.0687. The maximum Gasteiger partial charge on any atom is 0.419 e. The number of hydrogen-bond acceptors (Lipinski definition) is 5. The number of anilines is 2. The maximum atomic E-state index is 13.2. The van der Waals surface area contributed by atoms with E-state index >= 15 is 0 Å². The zero-order chi connectivity index (χ0) is 23.1. The van der Waals surface area contributed by atoms with Crippen LogP contribution in [0.5, 0.6) is 5.75 Å². The molecule has 3 heterocycles. The van der Waals surface area contributed by atoms with Gasteiger partial charge < -0.3 is 14.4 Å². The number of benzene rings is 2. The first kappa shape index (κ1) is 21.2. The molecule has 0 spiro atoms. The molecule has 0 N–H and O–H groups in total. The van der Waals surface area contributed by atoms with Crippen molar-refractivity contribution in [3.63, 3.8) is 0 Å². The molecule has 33 heavy (non-hydrogen) atoms. The van der Waals surface area contributed by atoms with E-state index in [4.69, 9.17) is 9.47 Å². The van der Waals surface area contributed by atoms with Crippen LogP contribution in [0, 0.1) is 6.92 Å². The Labute approximate surface area is 192 Å². The molecule has 8 nitrogen and oxygen atoms in total. The van der Waals surface area contributed by atoms with Gasteiger partial charge in [0.25, 0.3) is 0 Å². The molecule has 1 atom stereocenters. The largest absolute Gasteiger partial charge is 0.419 e. The predicted molar refractivity (Wildman–Crippen MR) is 125 cm³/mol. The van der Waals surface area contributed by atoms with Crippen LogP contribution < -0.4 is 14.5 Å². The molecule has 3 aromatic rings. The van der Waals surface area contributed by atoms with E-state index in [1.54, 1.807) is 28.9 Å². The van der Waals surface area contributed by atoms with Crippen LogP contribution >= 0.6 is 0 Å². The molecule has 5 rings (SSSR count). The summed E-state index contributed by atoms with van der Waals surface area (Å²) < 4.78 is 12.8. The molecule has 1 fully saturated rings. The second-order valence-electron chi connectivity index (χ2n) is 8.63. The summed E-state index contributed by atoms with van der Waals surface area (Å²) in [6.45, 7) is 7.10. The molecule has 2 aromatic carbocycles. The average molecular weight is 447 g/mol. The molecule has 0 bridgehead atoms. The van der Waals surface area contributed by atoms with E-state index in [2.05, 4.69) is 5.10 Å². The van der Waals surface area contributed by atoms with Crippen LogP contribution in [0.2, 0.25) is 0 Å². The lowest BCUT2D eigenvalue weighted by Crippen LogP contribution is -2.52. The summed E-state index contributed by atoms with van der Waals surface area (Å²) in [6.07, 6.45) is 3.32. The van der Waals surface area contributed by atoms with Crippen molar-refractivity contribution >= 4 is 23.4 Å². The number of aryl methyl sites for hydroxylation is 1. The molecule has 2 amide bonds. The minimum Gasteiger partial charge on any atom is -0.410 e. The van der Waals surface area contributed by atoms with Gasteiger partial charge in [0, 0.05) is 25.2 Å². The van der Waals surface area contributed by atoms with E-state index in [1.807, 2.05) is 61.3 Å². The highest BCUT2D eigenvalue weighted by molar-refractivity contribution is 6.03. The maximum absolute atomic E-state index is 13.2. The second kappa shape index (κ2) is 8.37. The van der Waals surface area contributed by atoms with Crippen LogP contribution in [-0.4, -0.2) is 47.6 Å².